The Bertz CT molecular complexity index is 456. The van der Waals surface area contributed by atoms with Crippen LogP contribution < -0.4 is 0 Å². The molecule has 1 aromatic rings. The Labute approximate surface area is 120 Å². The molecular weight excluding hydrogens is 256 g/mol. The van der Waals surface area contributed by atoms with E-state index in [1.807, 2.05) is 25.2 Å². The van der Waals surface area contributed by atoms with Crippen LogP contribution >= 0.6 is 0 Å². The molecule has 1 aliphatic carbocycles. The van der Waals surface area contributed by atoms with Gasteiger partial charge in [-0.1, -0.05) is 0 Å². The third kappa shape index (κ3) is 4.31. The van der Waals surface area contributed by atoms with Crippen molar-refractivity contribution < 1.29 is 9.90 Å². The van der Waals surface area contributed by atoms with E-state index in [-0.39, 0.29) is 12.0 Å². The van der Waals surface area contributed by atoms with Crippen LogP contribution in [0.2, 0.25) is 0 Å². The maximum Gasteiger partial charge on any atom is 0.236 e. The van der Waals surface area contributed by atoms with E-state index in [9.17, 15) is 9.90 Å². The summed E-state index contributed by atoms with van der Waals surface area (Å²) in [7, 11) is 5.53. The lowest BCUT2D eigenvalue weighted by Gasteiger charge is -2.23. The predicted molar refractivity (Wildman–Crippen MR) is 75.9 cm³/mol. The highest BCUT2D eigenvalue weighted by atomic mass is 16.3. The zero-order chi connectivity index (χ0) is 14.7. The SMILES string of the molecule is CN(CC(=O)N(C)Cc1cnn(C)c1)CC(O)C1CC1. The Morgan fingerprint density at radius 1 is 1.55 bits per heavy atom. The number of carbonyl (C=O) groups excluding carboxylic acids is 1. The Morgan fingerprint density at radius 3 is 2.80 bits per heavy atom. The van der Waals surface area contributed by atoms with Gasteiger partial charge in [0, 0.05) is 38.9 Å². The maximum atomic E-state index is 12.1. The van der Waals surface area contributed by atoms with Gasteiger partial charge in [-0.15, -0.1) is 0 Å². The minimum Gasteiger partial charge on any atom is -0.392 e. The van der Waals surface area contributed by atoms with Gasteiger partial charge in [-0.25, -0.2) is 0 Å². The van der Waals surface area contributed by atoms with Crippen molar-refractivity contribution in [1.82, 2.24) is 19.6 Å². The topological polar surface area (TPSA) is 61.6 Å². The minimum atomic E-state index is -0.295. The summed E-state index contributed by atoms with van der Waals surface area (Å²) in [6, 6.07) is 0. The molecule has 1 saturated carbocycles. The average molecular weight is 280 g/mol. The molecule has 0 saturated heterocycles. The summed E-state index contributed by atoms with van der Waals surface area (Å²) >= 11 is 0. The molecule has 20 heavy (non-hydrogen) atoms. The summed E-state index contributed by atoms with van der Waals surface area (Å²) < 4.78 is 1.73. The summed E-state index contributed by atoms with van der Waals surface area (Å²) in [4.78, 5) is 15.7. The fourth-order valence-electron chi connectivity index (χ4n) is 2.28. The Balaban J connectivity index is 1.75. The molecule has 2 rings (SSSR count). The molecule has 0 bridgehead atoms. The smallest absolute Gasteiger partial charge is 0.236 e. The van der Waals surface area contributed by atoms with Crippen molar-refractivity contribution in [2.24, 2.45) is 13.0 Å². The van der Waals surface area contributed by atoms with Gasteiger partial charge in [-0.2, -0.15) is 5.10 Å². The molecule has 1 heterocycles. The van der Waals surface area contributed by atoms with Crippen LogP contribution in [-0.4, -0.2) is 63.9 Å². The monoisotopic (exact) mass is 280 g/mol. The van der Waals surface area contributed by atoms with E-state index in [1.54, 1.807) is 22.8 Å². The van der Waals surface area contributed by atoms with Crippen molar-refractivity contribution in [2.75, 3.05) is 27.2 Å². The van der Waals surface area contributed by atoms with Gasteiger partial charge in [0.25, 0.3) is 0 Å². The largest absolute Gasteiger partial charge is 0.392 e. The molecule has 1 unspecified atom stereocenters. The van der Waals surface area contributed by atoms with Gasteiger partial charge in [0.15, 0.2) is 0 Å². The number of hydrogen-bond acceptors (Lipinski definition) is 4. The first-order valence-electron chi connectivity index (χ1n) is 7.04. The number of aliphatic hydroxyl groups is 1. The lowest BCUT2D eigenvalue weighted by Crippen LogP contribution is -2.39. The van der Waals surface area contributed by atoms with E-state index in [0.29, 0.717) is 25.6 Å². The third-order valence-corrected chi connectivity index (χ3v) is 3.67. The molecule has 1 amide bonds. The van der Waals surface area contributed by atoms with Crippen molar-refractivity contribution in [1.29, 1.82) is 0 Å². The molecule has 112 valence electrons. The second kappa shape index (κ2) is 6.37. The van der Waals surface area contributed by atoms with Crippen LogP contribution in [-0.2, 0) is 18.4 Å². The van der Waals surface area contributed by atoms with Crippen LogP contribution in [0.4, 0.5) is 0 Å². The molecule has 6 heteroatoms. The van der Waals surface area contributed by atoms with Crippen LogP contribution in [0, 0.1) is 5.92 Å². The summed E-state index contributed by atoms with van der Waals surface area (Å²) in [5, 5.41) is 14.0. The fourth-order valence-corrected chi connectivity index (χ4v) is 2.28. The van der Waals surface area contributed by atoms with Crippen LogP contribution in [0.15, 0.2) is 12.4 Å². The van der Waals surface area contributed by atoms with Crippen molar-refractivity contribution in [3.8, 4) is 0 Å². The molecule has 1 atom stereocenters. The van der Waals surface area contributed by atoms with E-state index in [4.69, 9.17) is 0 Å². The predicted octanol–water partition coefficient (Wildman–Crippen LogP) is 0.0812. The lowest BCUT2D eigenvalue weighted by atomic mass is 10.2. The Morgan fingerprint density at radius 2 is 2.25 bits per heavy atom. The number of amides is 1. The third-order valence-electron chi connectivity index (χ3n) is 3.67. The van der Waals surface area contributed by atoms with Gasteiger partial charge in [-0.3, -0.25) is 14.4 Å². The Hall–Kier alpha value is -1.40. The second-order valence-electron chi connectivity index (χ2n) is 5.87. The molecule has 0 radical (unpaired) electrons. The van der Waals surface area contributed by atoms with Gasteiger partial charge in [0.1, 0.15) is 0 Å². The van der Waals surface area contributed by atoms with Crippen molar-refractivity contribution in [3.63, 3.8) is 0 Å². The number of nitrogens with zero attached hydrogens (tertiary/aromatic N) is 4. The molecule has 1 fully saturated rings. The van der Waals surface area contributed by atoms with Gasteiger partial charge in [0.2, 0.25) is 5.91 Å². The summed E-state index contributed by atoms with van der Waals surface area (Å²) in [5.74, 6) is 0.500. The van der Waals surface area contributed by atoms with E-state index >= 15 is 0 Å². The van der Waals surface area contributed by atoms with Crippen molar-refractivity contribution in [3.05, 3.63) is 18.0 Å². The zero-order valence-corrected chi connectivity index (χ0v) is 12.5. The second-order valence-corrected chi connectivity index (χ2v) is 5.87. The van der Waals surface area contributed by atoms with Gasteiger partial charge >= 0.3 is 0 Å². The first-order valence-corrected chi connectivity index (χ1v) is 7.04. The van der Waals surface area contributed by atoms with E-state index in [1.165, 1.54) is 0 Å². The molecule has 6 nitrogen and oxygen atoms in total. The van der Waals surface area contributed by atoms with Gasteiger partial charge < -0.3 is 10.0 Å². The summed E-state index contributed by atoms with van der Waals surface area (Å²) in [5.41, 5.74) is 1.02. The highest BCUT2D eigenvalue weighted by molar-refractivity contribution is 5.77. The maximum absolute atomic E-state index is 12.1. The number of aromatic nitrogens is 2. The first-order chi connectivity index (χ1) is 9.45. The zero-order valence-electron chi connectivity index (χ0n) is 12.5. The average Bonchev–Trinajstić information content (AvgIpc) is 3.14. The number of aliphatic hydroxyl groups excluding tert-OH is 1. The van der Waals surface area contributed by atoms with Crippen LogP contribution in [0.1, 0.15) is 18.4 Å². The number of rotatable bonds is 7. The first kappa shape index (κ1) is 15.0. The van der Waals surface area contributed by atoms with Crippen LogP contribution in [0.5, 0.6) is 0 Å². The quantitative estimate of drug-likeness (QED) is 0.768. The van der Waals surface area contributed by atoms with E-state index in [0.717, 1.165) is 18.4 Å². The summed E-state index contributed by atoms with van der Waals surface area (Å²) in [6.45, 7) is 1.46. The molecule has 1 aromatic heterocycles. The standard InChI is InChI=1S/C14H24N4O2/c1-16(9-13(19)12-4-5-12)10-14(20)17(2)7-11-6-15-18(3)8-11/h6,8,12-13,19H,4-5,7,9-10H2,1-3H3. The molecular formula is C14H24N4O2. The van der Waals surface area contributed by atoms with Gasteiger partial charge in [-0.05, 0) is 25.8 Å². The Kier molecular flexibility index (Phi) is 4.77. The molecule has 1 aliphatic rings. The molecule has 0 aromatic carbocycles. The highest BCUT2D eigenvalue weighted by Crippen LogP contribution is 2.32. The molecule has 0 aliphatic heterocycles. The number of carbonyl (C=O) groups is 1. The minimum absolute atomic E-state index is 0.0550. The van der Waals surface area contributed by atoms with Crippen LogP contribution in [0.25, 0.3) is 0 Å². The van der Waals surface area contributed by atoms with Gasteiger partial charge in [0.05, 0.1) is 18.8 Å². The molecule has 1 N–H and O–H groups in total. The molecule has 0 spiro atoms. The van der Waals surface area contributed by atoms with Crippen LogP contribution in [0.3, 0.4) is 0 Å². The number of hydrogen-bond donors (Lipinski definition) is 1. The highest BCUT2D eigenvalue weighted by Gasteiger charge is 2.30. The summed E-state index contributed by atoms with van der Waals surface area (Å²) in [6.07, 6.45) is 5.61. The number of aryl methyl sites for hydroxylation is 1. The fraction of sp³-hybridized carbons (Fsp3) is 0.714. The van der Waals surface area contributed by atoms with Crippen molar-refractivity contribution in [2.45, 2.75) is 25.5 Å². The normalized spacial score (nSPS) is 16.4. The van der Waals surface area contributed by atoms with Crippen molar-refractivity contribution >= 4 is 5.91 Å². The number of likely N-dealkylation sites (N-methyl/N-ethyl adjacent to an activating group) is 2. The van der Waals surface area contributed by atoms with E-state index in [2.05, 4.69) is 5.10 Å². The van der Waals surface area contributed by atoms with E-state index < -0.39 is 0 Å². The lowest BCUT2D eigenvalue weighted by molar-refractivity contribution is -0.131.